The van der Waals surface area contributed by atoms with Crippen LogP contribution < -0.4 is 5.32 Å². The Bertz CT molecular complexity index is 743. The summed E-state index contributed by atoms with van der Waals surface area (Å²) in [6.07, 6.45) is 2.42. The maximum Gasteiger partial charge on any atom is 0.233 e. The van der Waals surface area contributed by atoms with Gasteiger partial charge < -0.3 is 9.84 Å². The van der Waals surface area contributed by atoms with Crippen LogP contribution in [0.1, 0.15) is 42.0 Å². The number of nitrogens with one attached hydrogen (secondary N) is 1. The summed E-state index contributed by atoms with van der Waals surface area (Å²) in [5.41, 5.74) is 4.86. The molecule has 4 heteroatoms. The maximum absolute atomic E-state index is 12.5. The van der Waals surface area contributed by atoms with Gasteiger partial charge in [0.1, 0.15) is 0 Å². The summed E-state index contributed by atoms with van der Waals surface area (Å²) in [7, 11) is 0. The molecule has 1 aliphatic heterocycles. The number of anilines is 1. The highest BCUT2D eigenvalue weighted by atomic mass is 16.5. The van der Waals surface area contributed by atoms with Crippen LogP contribution in [0.4, 0.5) is 5.88 Å². The van der Waals surface area contributed by atoms with E-state index in [4.69, 9.17) is 4.52 Å². The molecule has 0 bridgehead atoms. The molecule has 2 aliphatic rings. The average Bonchev–Trinajstić information content (AvgIpc) is 2.88. The monoisotopic (exact) mass is 280 g/mol. The summed E-state index contributed by atoms with van der Waals surface area (Å²) in [6.45, 7) is 1.93. The predicted octanol–water partition coefficient (Wildman–Crippen LogP) is 3.55. The lowest BCUT2D eigenvalue weighted by atomic mass is 9.76. The maximum atomic E-state index is 12.5. The van der Waals surface area contributed by atoms with E-state index in [-0.39, 0.29) is 11.7 Å². The molecule has 4 nitrogen and oxygen atoms in total. The minimum atomic E-state index is -0.0588. The van der Waals surface area contributed by atoms with Crippen LogP contribution in [0.25, 0.3) is 0 Å². The average molecular weight is 280 g/mol. The number of hydrogen-bond donors (Lipinski definition) is 1. The third kappa shape index (κ3) is 1.82. The molecular formula is C17H16N2O2. The highest BCUT2D eigenvalue weighted by Crippen LogP contribution is 2.46. The molecule has 2 aromatic rings. The summed E-state index contributed by atoms with van der Waals surface area (Å²) in [5, 5.41) is 7.36. The Labute approximate surface area is 122 Å². The van der Waals surface area contributed by atoms with E-state index >= 15 is 0 Å². The Morgan fingerprint density at radius 3 is 2.86 bits per heavy atom. The fourth-order valence-corrected chi connectivity index (χ4v) is 3.40. The number of aromatic nitrogens is 1. The fourth-order valence-electron chi connectivity index (χ4n) is 3.40. The lowest BCUT2D eigenvalue weighted by molar-refractivity contribution is -0.116. The van der Waals surface area contributed by atoms with Crippen molar-refractivity contribution in [3.05, 3.63) is 58.4 Å². The second-order valence-electron chi connectivity index (χ2n) is 5.65. The van der Waals surface area contributed by atoms with Gasteiger partial charge in [0, 0.05) is 23.6 Å². The van der Waals surface area contributed by atoms with Crippen LogP contribution in [-0.2, 0) is 4.79 Å². The second-order valence-corrected chi connectivity index (χ2v) is 5.65. The number of hydrogen-bond acceptors (Lipinski definition) is 4. The lowest BCUT2D eigenvalue weighted by Gasteiger charge is -2.31. The molecule has 2 heterocycles. The van der Waals surface area contributed by atoms with Crippen LogP contribution in [0, 0.1) is 6.92 Å². The zero-order valence-electron chi connectivity index (χ0n) is 11.8. The van der Waals surface area contributed by atoms with Crippen molar-refractivity contribution in [2.24, 2.45) is 0 Å². The number of ketones is 1. The summed E-state index contributed by atoms with van der Waals surface area (Å²) in [6, 6.07) is 10.1. The Morgan fingerprint density at radius 2 is 2.05 bits per heavy atom. The number of fused-ring (bicyclic) bond motifs is 1. The van der Waals surface area contributed by atoms with Crippen molar-refractivity contribution < 1.29 is 9.32 Å². The number of rotatable bonds is 1. The molecule has 0 radical (unpaired) electrons. The minimum absolute atomic E-state index is 0.0588. The van der Waals surface area contributed by atoms with E-state index in [0.717, 1.165) is 40.9 Å². The van der Waals surface area contributed by atoms with Crippen LogP contribution in [0.2, 0.25) is 0 Å². The van der Waals surface area contributed by atoms with Crippen molar-refractivity contribution >= 4 is 11.7 Å². The molecule has 0 spiro atoms. The normalized spacial score (nSPS) is 20.8. The van der Waals surface area contributed by atoms with Gasteiger partial charge in [-0.2, -0.15) is 0 Å². The van der Waals surface area contributed by atoms with Crippen LogP contribution in [0.5, 0.6) is 0 Å². The summed E-state index contributed by atoms with van der Waals surface area (Å²) in [5.74, 6) is 0.871. The summed E-state index contributed by atoms with van der Waals surface area (Å²) >= 11 is 0. The van der Waals surface area contributed by atoms with Crippen LogP contribution >= 0.6 is 0 Å². The van der Waals surface area contributed by atoms with Gasteiger partial charge in [-0.05, 0) is 25.3 Å². The number of Topliss-reactive ketones (excluding diaryl/α,β-unsaturated/α-hetero) is 1. The first-order valence-corrected chi connectivity index (χ1v) is 7.30. The van der Waals surface area contributed by atoms with Gasteiger partial charge in [-0.15, -0.1) is 0 Å². The van der Waals surface area contributed by atoms with E-state index in [2.05, 4.69) is 22.6 Å². The molecule has 4 rings (SSSR count). The molecule has 0 saturated heterocycles. The summed E-state index contributed by atoms with van der Waals surface area (Å²) in [4.78, 5) is 12.5. The van der Waals surface area contributed by atoms with Gasteiger partial charge in [0.15, 0.2) is 5.78 Å². The van der Waals surface area contributed by atoms with Gasteiger partial charge in [0.25, 0.3) is 0 Å². The van der Waals surface area contributed by atoms with E-state index < -0.39 is 0 Å². The van der Waals surface area contributed by atoms with Crippen LogP contribution in [0.3, 0.4) is 0 Å². The highest BCUT2D eigenvalue weighted by Gasteiger charge is 2.38. The van der Waals surface area contributed by atoms with E-state index in [1.807, 2.05) is 25.1 Å². The Morgan fingerprint density at radius 1 is 1.24 bits per heavy atom. The van der Waals surface area contributed by atoms with Crippen molar-refractivity contribution in [2.45, 2.75) is 32.1 Å². The molecule has 21 heavy (non-hydrogen) atoms. The topological polar surface area (TPSA) is 55.1 Å². The molecule has 0 fully saturated rings. The third-order valence-corrected chi connectivity index (χ3v) is 4.34. The Balaban J connectivity index is 1.96. The fraction of sp³-hybridized carbons (Fsp3) is 0.294. The standard InChI is InChI=1S/C17H16N2O2/c1-10-14-15(11-6-3-2-4-7-11)16-12(8-5-9-13(16)20)18-17(14)21-19-10/h2-4,6-7,15,18H,5,8-9H2,1H3/t15-/m0/s1. The van der Waals surface area contributed by atoms with Gasteiger partial charge in [0.05, 0.1) is 11.3 Å². The van der Waals surface area contributed by atoms with Crippen LogP contribution in [0.15, 0.2) is 46.1 Å². The Hall–Kier alpha value is -2.36. The second kappa shape index (κ2) is 4.58. The van der Waals surface area contributed by atoms with Gasteiger partial charge >= 0.3 is 0 Å². The van der Waals surface area contributed by atoms with E-state index in [0.29, 0.717) is 12.3 Å². The molecule has 1 aliphatic carbocycles. The van der Waals surface area contributed by atoms with Gasteiger partial charge in [-0.1, -0.05) is 35.5 Å². The van der Waals surface area contributed by atoms with E-state index in [1.54, 1.807) is 0 Å². The van der Waals surface area contributed by atoms with E-state index in [1.165, 1.54) is 0 Å². The zero-order valence-corrected chi connectivity index (χ0v) is 11.8. The minimum Gasteiger partial charge on any atom is -0.338 e. The third-order valence-electron chi connectivity index (χ3n) is 4.34. The smallest absolute Gasteiger partial charge is 0.233 e. The highest BCUT2D eigenvalue weighted by molar-refractivity contribution is 6.00. The number of allylic oxidation sites excluding steroid dienone is 2. The molecule has 1 aromatic heterocycles. The number of nitrogens with zero attached hydrogens (tertiary/aromatic N) is 1. The molecule has 106 valence electrons. The molecule has 1 atom stereocenters. The number of carbonyl (C=O) groups is 1. The first-order chi connectivity index (χ1) is 10.3. The van der Waals surface area contributed by atoms with Crippen molar-refractivity contribution in [3.63, 3.8) is 0 Å². The number of carbonyl (C=O) groups excluding carboxylic acids is 1. The Kier molecular flexibility index (Phi) is 2.70. The molecule has 0 amide bonds. The first-order valence-electron chi connectivity index (χ1n) is 7.30. The predicted molar refractivity (Wildman–Crippen MR) is 79.0 cm³/mol. The molecule has 1 aromatic carbocycles. The van der Waals surface area contributed by atoms with Gasteiger partial charge in [0.2, 0.25) is 5.88 Å². The quantitative estimate of drug-likeness (QED) is 0.868. The first kappa shape index (κ1) is 12.4. The van der Waals surface area contributed by atoms with Crippen molar-refractivity contribution in [3.8, 4) is 0 Å². The molecule has 1 N–H and O–H groups in total. The van der Waals surface area contributed by atoms with Crippen LogP contribution in [-0.4, -0.2) is 10.9 Å². The SMILES string of the molecule is Cc1noc2c1[C@H](c1ccccc1)C1=C(CCCC1=O)N2. The van der Waals surface area contributed by atoms with Gasteiger partial charge in [-0.3, -0.25) is 4.79 Å². The lowest BCUT2D eigenvalue weighted by Crippen LogP contribution is -2.26. The largest absolute Gasteiger partial charge is 0.338 e. The van der Waals surface area contributed by atoms with Crippen molar-refractivity contribution in [1.82, 2.24) is 5.16 Å². The molecule has 0 saturated carbocycles. The zero-order chi connectivity index (χ0) is 14.4. The van der Waals surface area contributed by atoms with Crippen molar-refractivity contribution in [2.75, 3.05) is 5.32 Å². The number of benzene rings is 1. The summed E-state index contributed by atoms with van der Waals surface area (Å²) < 4.78 is 5.42. The van der Waals surface area contributed by atoms with Crippen molar-refractivity contribution in [1.29, 1.82) is 0 Å². The van der Waals surface area contributed by atoms with E-state index in [9.17, 15) is 4.79 Å². The van der Waals surface area contributed by atoms with Gasteiger partial charge in [-0.25, -0.2) is 0 Å². The number of aryl methyl sites for hydroxylation is 1. The molecular weight excluding hydrogens is 264 g/mol. The molecule has 0 unspecified atom stereocenters.